The minimum Gasteiger partial charge on any atom is -0.352 e. The molecule has 0 heterocycles. The number of hydrogen-bond donors (Lipinski definition) is 2. The van der Waals surface area contributed by atoms with E-state index in [-0.39, 0.29) is 17.6 Å². The first-order valence-corrected chi connectivity index (χ1v) is 8.95. The third-order valence-corrected chi connectivity index (χ3v) is 4.10. The fraction of sp³-hybridized carbons (Fsp3) is 0.333. The van der Waals surface area contributed by atoms with E-state index < -0.39 is 0 Å². The van der Waals surface area contributed by atoms with Crippen LogP contribution in [-0.2, 0) is 17.9 Å². The predicted octanol–water partition coefficient (Wildman–Crippen LogP) is 3.63. The highest BCUT2D eigenvalue weighted by molar-refractivity contribution is 5.92. The Morgan fingerprint density at radius 2 is 1.67 bits per heavy atom. The summed E-state index contributed by atoms with van der Waals surface area (Å²) in [4.78, 5) is 18.0. The molecule has 2 aromatic carbocycles. The molecule has 6 heteroatoms. The molecule has 2 N–H and O–H groups in total. The monoisotopic (exact) mass is 370 g/mol. The van der Waals surface area contributed by atoms with Gasteiger partial charge in [0.05, 0.1) is 0 Å². The van der Waals surface area contributed by atoms with Gasteiger partial charge in [-0.3, -0.25) is 9.79 Å². The van der Waals surface area contributed by atoms with E-state index in [1.54, 1.807) is 19.2 Å². The Balaban J connectivity index is 1.89. The van der Waals surface area contributed by atoms with Crippen LogP contribution in [0.15, 0.2) is 53.5 Å². The molecule has 0 spiro atoms. The molecule has 144 valence electrons. The van der Waals surface area contributed by atoms with Gasteiger partial charge in [-0.15, -0.1) is 0 Å². The molecule has 0 aliphatic heterocycles. The number of amides is 1. The lowest BCUT2D eigenvalue weighted by Gasteiger charge is -2.22. The molecule has 2 rings (SSSR count). The van der Waals surface area contributed by atoms with Crippen LogP contribution in [0.25, 0.3) is 0 Å². The maximum atomic E-state index is 13.0. The summed E-state index contributed by atoms with van der Waals surface area (Å²) in [5.74, 6) is 0.462. The number of nitrogens with zero attached hydrogens (tertiary/aromatic N) is 2. The van der Waals surface area contributed by atoms with Crippen LogP contribution in [0.4, 0.5) is 10.1 Å². The molecular formula is C21H27FN4O. The summed E-state index contributed by atoms with van der Waals surface area (Å²) in [7, 11) is 3.66. The van der Waals surface area contributed by atoms with E-state index in [0.717, 1.165) is 22.8 Å². The number of nitrogens with one attached hydrogen (secondary N) is 2. The summed E-state index contributed by atoms with van der Waals surface area (Å²) in [6.07, 6.45) is 0. The van der Waals surface area contributed by atoms with E-state index in [9.17, 15) is 9.18 Å². The fourth-order valence-electron chi connectivity index (χ4n) is 2.50. The van der Waals surface area contributed by atoms with Crippen molar-refractivity contribution in [3.63, 3.8) is 0 Å². The smallest absolute Gasteiger partial charge is 0.226 e. The number of benzene rings is 2. The van der Waals surface area contributed by atoms with Gasteiger partial charge in [0.1, 0.15) is 5.82 Å². The van der Waals surface area contributed by atoms with Gasteiger partial charge < -0.3 is 15.5 Å². The number of anilines is 1. The molecule has 0 saturated carbocycles. The number of carbonyl (C=O) groups excluding carboxylic acids is 1. The van der Waals surface area contributed by atoms with Crippen molar-refractivity contribution in [2.24, 2.45) is 10.9 Å². The van der Waals surface area contributed by atoms with Crippen LogP contribution in [-0.4, -0.2) is 30.9 Å². The minimum absolute atomic E-state index is 0.00342. The molecule has 0 radical (unpaired) electrons. The number of guanidine groups is 1. The summed E-state index contributed by atoms with van der Waals surface area (Å²) in [6.45, 7) is 4.96. The van der Waals surface area contributed by atoms with Crippen molar-refractivity contribution in [3.8, 4) is 0 Å². The minimum atomic E-state index is -0.239. The van der Waals surface area contributed by atoms with Gasteiger partial charge in [-0.1, -0.05) is 38.1 Å². The largest absolute Gasteiger partial charge is 0.352 e. The van der Waals surface area contributed by atoms with Crippen LogP contribution in [0.2, 0.25) is 0 Å². The second-order valence-electron chi connectivity index (χ2n) is 6.72. The van der Waals surface area contributed by atoms with Crippen molar-refractivity contribution in [2.75, 3.05) is 19.4 Å². The highest BCUT2D eigenvalue weighted by Gasteiger charge is 2.08. The van der Waals surface area contributed by atoms with Crippen LogP contribution < -0.4 is 10.6 Å². The predicted molar refractivity (Wildman–Crippen MR) is 108 cm³/mol. The molecule has 2 aromatic rings. The van der Waals surface area contributed by atoms with Crippen LogP contribution in [0.3, 0.4) is 0 Å². The zero-order valence-electron chi connectivity index (χ0n) is 16.3. The highest BCUT2D eigenvalue weighted by Crippen LogP contribution is 2.11. The summed E-state index contributed by atoms with van der Waals surface area (Å²) in [6, 6.07) is 14.2. The Morgan fingerprint density at radius 3 is 2.22 bits per heavy atom. The Bertz CT molecular complexity index is 770. The third kappa shape index (κ3) is 6.40. The molecule has 5 nitrogen and oxygen atoms in total. The van der Waals surface area contributed by atoms with Crippen molar-refractivity contribution < 1.29 is 9.18 Å². The Labute approximate surface area is 160 Å². The second kappa shape index (κ2) is 9.71. The van der Waals surface area contributed by atoms with Gasteiger partial charge in [-0.2, -0.15) is 0 Å². The molecule has 27 heavy (non-hydrogen) atoms. The van der Waals surface area contributed by atoms with E-state index in [4.69, 9.17) is 0 Å². The molecule has 0 bridgehead atoms. The van der Waals surface area contributed by atoms with Gasteiger partial charge in [0.2, 0.25) is 5.91 Å². The molecule has 0 fully saturated rings. The molecule has 0 aliphatic carbocycles. The first-order chi connectivity index (χ1) is 12.9. The summed E-state index contributed by atoms with van der Waals surface area (Å²) >= 11 is 0. The van der Waals surface area contributed by atoms with E-state index >= 15 is 0 Å². The van der Waals surface area contributed by atoms with Gasteiger partial charge in [0.25, 0.3) is 0 Å². The number of aliphatic imine (C=N–C) groups is 1. The summed E-state index contributed by atoms with van der Waals surface area (Å²) in [5, 5.41) is 6.19. The van der Waals surface area contributed by atoms with Gasteiger partial charge >= 0.3 is 0 Å². The number of halogens is 1. The van der Waals surface area contributed by atoms with E-state index in [1.807, 2.05) is 50.1 Å². The number of carbonyl (C=O) groups is 1. The van der Waals surface area contributed by atoms with Gasteiger partial charge in [0, 0.05) is 38.8 Å². The van der Waals surface area contributed by atoms with E-state index in [0.29, 0.717) is 13.1 Å². The Hall–Kier alpha value is -2.89. The maximum Gasteiger partial charge on any atom is 0.226 e. The van der Waals surface area contributed by atoms with Crippen molar-refractivity contribution in [3.05, 3.63) is 65.5 Å². The topological polar surface area (TPSA) is 56.7 Å². The highest BCUT2D eigenvalue weighted by atomic mass is 19.1. The van der Waals surface area contributed by atoms with Crippen LogP contribution in [0, 0.1) is 11.7 Å². The molecular weight excluding hydrogens is 343 g/mol. The number of rotatable bonds is 6. The first kappa shape index (κ1) is 20.4. The first-order valence-electron chi connectivity index (χ1n) is 8.95. The van der Waals surface area contributed by atoms with Crippen molar-refractivity contribution in [2.45, 2.75) is 26.9 Å². The van der Waals surface area contributed by atoms with Crippen molar-refractivity contribution in [1.29, 1.82) is 0 Å². The van der Waals surface area contributed by atoms with Crippen molar-refractivity contribution in [1.82, 2.24) is 10.2 Å². The molecule has 0 saturated heterocycles. The van der Waals surface area contributed by atoms with Gasteiger partial charge in [-0.05, 0) is 35.4 Å². The Kier molecular flexibility index (Phi) is 7.34. The molecule has 0 unspecified atom stereocenters. The summed E-state index contributed by atoms with van der Waals surface area (Å²) < 4.78 is 13.0. The second-order valence-corrected chi connectivity index (χ2v) is 6.72. The Morgan fingerprint density at radius 1 is 1.07 bits per heavy atom. The van der Waals surface area contributed by atoms with Gasteiger partial charge in [-0.25, -0.2) is 4.39 Å². The average molecular weight is 370 g/mol. The lowest BCUT2D eigenvalue weighted by molar-refractivity contribution is -0.118. The zero-order chi connectivity index (χ0) is 19.8. The quantitative estimate of drug-likeness (QED) is 0.603. The number of hydrogen-bond acceptors (Lipinski definition) is 2. The van der Waals surface area contributed by atoms with Crippen LogP contribution in [0.5, 0.6) is 0 Å². The van der Waals surface area contributed by atoms with Crippen molar-refractivity contribution >= 4 is 17.6 Å². The zero-order valence-corrected chi connectivity index (χ0v) is 16.3. The van der Waals surface area contributed by atoms with E-state index in [1.165, 1.54) is 12.1 Å². The van der Waals surface area contributed by atoms with E-state index in [2.05, 4.69) is 15.6 Å². The fourth-order valence-corrected chi connectivity index (χ4v) is 2.50. The molecule has 1 amide bonds. The molecule has 0 atom stereocenters. The summed E-state index contributed by atoms with van der Waals surface area (Å²) in [5.41, 5.74) is 2.87. The maximum absolute atomic E-state index is 13.0. The van der Waals surface area contributed by atoms with Gasteiger partial charge in [0.15, 0.2) is 5.96 Å². The lowest BCUT2D eigenvalue weighted by Crippen LogP contribution is -2.38. The standard InChI is InChI=1S/C21H27FN4O/c1-15(2)20(27)25-19-11-7-16(8-12-19)13-24-21(23-3)26(4)14-17-5-9-18(22)10-6-17/h5-12,15H,13-14H2,1-4H3,(H,23,24)(H,25,27). The lowest BCUT2D eigenvalue weighted by atomic mass is 10.1. The SMILES string of the molecule is CN=C(NCc1ccc(NC(=O)C(C)C)cc1)N(C)Cc1ccc(F)cc1. The molecule has 0 aromatic heterocycles. The molecule has 0 aliphatic rings. The van der Waals surface area contributed by atoms with Crippen LogP contribution >= 0.6 is 0 Å². The average Bonchev–Trinajstić information content (AvgIpc) is 2.65. The third-order valence-electron chi connectivity index (χ3n) is 4.10. The van der Waals surface area contributed by atoms with Crippen LogP contribution in [0.1, 0.15) is 25.0 Å². The normalized spacial score (nSPS) is 11.4.